The molecule has 0 saturated carbocycles. The van der Waals surface area contributed by atoms with Crippen LogP contribution in [0, 0.1) is 13.8 Å². The lowest BCUT2D eigenvalue weighted by Gasteiger charge is -2.26. The van der Waals surface area contributed by atoms with E-state index in [1.54, 1.807) is 19.1 Å². The summed E-state index contributed by atoms with van der Waals surface area (Å²) < 4.78 is 38.6. The van der Waals surface area contributed by atoms with E-state index >= 15 is 0 Å². The van der Waals surface area contributed by atoms with Crippen LogP contribution < -0.4 is 5.32 Å². The molecule has 0 aliphatic carbocycles. The molecule has 2 heterocycles. The van der Waals surface area contributed by atoms with Crippen LogP contribution in [-0.4, -0.2) is 44.9 Å². The van der Waals surface area contributed by atoms with E-state index in [2.05, 4.69) is 5.32 Å². The quantitative estimate of drug-likeness (QED) is 0.653. The van der Waals surface area contributed by atoms with Crippen LogP contribution in [0.25, 0.3) is 11.0 Å². The van der Waals surface area contributed by atoms with Crippen molar-refractivity contribution < 1.29 is 22.4 Å². The van der Waals surface area contributed by atoms with E-state index in [0.717, 1.165) is 16.5 Å². The molecule has 1 N–H and O–H groups in total. The fraction of sp³-hybridized carbons (Fsp3) is 0.348. The van der Waals surface area contributed by atoms with Gasteiger partial charge in [0.25, 0.3) is 5.91 Å². The van der Waals surface area contributed by atoms with Crippen molar-refractivity contribution >= 4 is 26.9 Å². The van der Waals surface area contributed by atoms with Gasteiger partial charge in [0, 0.05) is 29.6 Å². The molecule has 1 atom stereocenters. The lowest BCUT2D eigenvalue weighted by atomic mass is 10.1. The lowest BCUT2D eigenvalue weighted by molar-refractivity contribution is 0.0730. The highest BCUT2D eigenvalue weighted by atomic mass is 32.2. The van der Waals surface area contributed by atoms with Gasteiger partial charge in [-0.15, -0.1) is 0 Å². The maximum Gasteiger partial charge on any atom is 0.252 e. The molecule has 31 heavy (non-hydrogen) atoms. The molecule has 1 fully saturated rings. The van der Waals surface area contributed by atoms with E-state index in [1.165, 1.54) is 10.4 Å². The molecule has 1 unspecified atom stereocenters. The number of rotatable bonds is 5. The molecule has 4 rings (SSSR count). The third kappa shape index (κ3) is 4.11. The topological polar surface area (TPSA) is 88.8 Å². The van der Waals surface area contributed by atoms with Gasteiger partial charge in [0.15, 0.2) is 0 Å². The van der Waals surface area contributed by atoms with Crippen LogP contribution in [0.1, 0.15) is 40.2 Å². The molecular formula is C23H26N2O5S. The summed E-state index contributed by atoms with van der Waals surface area (Å²) in [6.45, 7) is 6.95. The standard InChI is InChI=1S/C23H26N2O5S/c1-15-8-9-18(31(27,28)25-10-12-29-13-11-25)14-20(15)23(26)24-17(3)22-16(2)19-6-4-5-7-21(19)30-22/h4-9,14,17H,10-13H2,1-3H3,(H,24,26). The first-order chi connectivity index (χ1) is 14.8. The van der Waals surface area contributed by atoms with E-state index in [0.29, 0.717) is 43.2 Å². The minimum Gasteiger partial charge on any atom is -0.459 e. The second kappa shape index (κ2) is 8.45. The van der Waals surface area contributed by atoms with Gasteiger partial charge < -0.3 is 14.5 Å². The Labute approximate surface area is 182 Å². The molecule has 3 aromatic rings. The van der Waals surface area contributed by atoms with Crippen molar-refractivity contribution in [1.82, 2.24) is 9.62 Å². The fourth-order valence-electron chi connectivity index (χ4n) is 3.89. The first-order valence-electron chi connectivity index (χ1n) is 10.3. The van der Waals surface area contributed by atoms with Gasteiger partial charge in [0.2, 0.25) is 10.0 Å². The summed E-state index contributed by atoms with van der Waals surface area (Å²) in [6.07, 6.45) is 0. The van der Waals surface area contributed by atoms with Gasteiger partial charge in [0.1, 0.15) is 11.3 Å². The molecule has 1 aliphatic rings. The lowest BCUT2D eigenvalue weighted by Crippen LogP contribution is -2.40. The van der Waals surface area contributed by atoms with Crippen LogP contribution >= 0.6 is 0 Å². The van der Waals surface area contributed by atoms with Crippen molar-refractivity contribution in [1.29, 1.82) is 0 Å². The summed E-state index contributed by atoms with van der Waals surface area (Å²) in [4.78, 5) is 13.2. The molecule has 164 valence electrons. The van der Waals surface area contributed by atoms with Gasteiger partial charge in [-0.25, -0.2) is 8.42 Å². The van der Waals surface area contributed by atoms with Gasteiger partial charge in [-0.05, 0) is 44.5 Å². The number of hydrogen-bond donors (Lipinski definition) is 1. The summed E-state index contributed by atoms with van der Waals surface area (Å²) in [5, 5.41) is 3.96. The third-order valence-corrected chi connectivity index (χ3v) is 7.58. The fourth-order valence-corrected chi connectivity index (χ4v) is 5.32. The predicted molar refractivity (Wildman–Crippen MR) is 118 cm³/mol. The Morgan fingerprint density at radius 1 is 1.10 bits per heavy atom. The van der Waals surface area contributed by atoms with Crippen LogP contribution in [-0.2, 0) is 14.8 Å². The van der Waals surface area contributed by atoms with E-state index in [-0.39, 0.29) is 16.8 Å². The Morgan fingerprint density at radius 2 is 1.81 bits per heavy atom. The molecule has 2 aromatic carbocycles. The molecule has 1 aliphatic heterocycles. The number of fused-ring (bicyclic) bond motifs is 1. The van der Waals surface area contributed by atoms with Gasteiger partial charge in [-0.2, -0.15) is 4.31 Å². The van der Waals surface area contributed by atoms with E-state index in [1.807, 2.05) is 38.1 Å². The smallest absolute Gasteiger partial charge is 0.252 e. The number of amides is 1. The molecule has 0 bridgehead atoms. The molecular weight excluding hydrogens is 416 g/mol. The molecule has 1 saturated heterocycles. The Balaban J connectivity index is 1.59. The van der Waals surface area contributed by atoms with Crippen molar-refractivity contribution in [3.05, 3.63) is 64.9 Å². The first-order valence-corrected chi connectivity index (χ1v) is 11.7. The summed E-state index contributed by atoms with van der Waals surface area (Å²) in [5.41, 5.74) is 2.77. The number of benzene rings is 2. The van der Waals surface area contributed by atoms with Crippen molar-refractivity contribution in [2.45, 2.75) is 31.7 Å². The number of hydrogen-bond acceptors (Lipinski definition) is 5. The van der Waals surface area contributed by atoms with Crippen molar-refractivity contribution in [2.75, 3.05) is 26.3 Å². The highest BCUT2D eigenvalue weighted by Crippen LogP contribution is 2.29. The zero-order valence-electron chi connectivity index (χ0n) is 17.8. The number of nitrogens with zero attached hydrogens (tertiary/aromatic N) is 1. The molecule has 7 nitrogen and oxygen atoms in total. The van der Waals surface area contributed by atoms with Crippen molar-refractivity contribution in [3.8, 4) is 0 Å². The van der Waals surface area contributed by atoms with Crippen LogP contribution in [0.4, 0.5) is 0 Å². The molecule has 8 heteroatoms. The summed E-state index contributed by atoms with van der Waals surface area (Å²) in [6, 6.07) is 12.0. The average Bonchev–Trinajstić information content (AvgIpc) is 3.11. The number of ether oxygens (including phenoxy) is 1. The number of para-hydroxylation sites is 1. The van der Waals surface area contributed by atoms with E-state index in [4.69, 9.17) is 9.15 Å². The number of morpholine rings is 1. The van der Waals surface area contributed by atoms with Crippen molar-refractivity contribution in [3.63, 3.8) is 0 Å². The van der Waals surface area contributed by atoms with Crippen molar-refractivity contribution in [2.24, 2.45) is 0 Å². The number of carbonyl (C=O) groups excluding carboxylic acids is 1. The first kappa shape index (κ1) is 21.5. The Bertz CT molecular complexity index is 1230. The number of aryl methyl sites for hydroxylation is 2. The maximum absolute atomic E-state index is 13.0. The number of furan rings is 1. The van der Waals surface area contributed by atoms with Gasteiger partial charge in [0.05, 0.1) is 24.2 Å². The van der Waals surface area contributed by atoms with E-state index in [9.17, 15) is 13.2 Å². The minimum absolute atomic E-state index is 0.109. The molecule has 0 radical (unpaired) electrons. The highest BCUT2D eigenvalue weighted by molar-refractivity contribution is 7.89. The Kier molecular flexibility index (Phi) is 5.88. The van der Waals surface area contributed by atoms with Gasteiger partial charge in [-0.3, -0.25) is 4.79 Å². The largest absolute Gasteiger partial charge is 0.459 e. The zero-order chi connectivity index (χ0) is 22.2. The monoisotopic (exact) mass is 442 g/mol. The van der Waals surface area contributed by atoms with Crippen LogP contribution in [0.2, 0.25) is 0 Å². The maximum atomic E-state index is 13.0. The molecule has 1 aromatic heterocycles. The third-order valence-electron chi connectivity index (χ3n) is 5.68. The van der Waals surface area contributed by atoms with E-state index < -0.39 is 10.0 Å². The number of nitrogens with one attached hydrogen (secondary N) is 1. The predicted octanol–water partition coefficient (Wildman–Crippen LogP) is 3.56. The molecule has 1 amide bonds. The zero-order valence-corrected chi connectivity index (χ0v) is 18.7. The van der Waals surface area contributed by atoms with Crippen LogP contribution in [0.15, 0.2) is 51.8 Å². The average molecular weight is 443 g/mol. The van der Waals surface area contributed by atoms with Crippen LogP contribution in [0.3, 0.4) is 0 Å². The summed E-state index contributed by atoms with van der Waals surface area (Å²) >= 11 is 0. The Morgan fingerprint density at radius 3 is 2.52 bits per heavy atom. The minimum atomic E-state index is -3.68. The second-order valence-corrected chi connectivity index (χ2v) is 9.71. The number of carbonyl (C=O) groups is 1. The second-order valence-electron chi connectivity index (χ2n) is 7.78. The Hall–Kier alpha value is -2.68. The highest BCUT2D eigenvalue weighted by Gasteiger charge is 2.28. The normalized spacial score (nSPS) is 16.4. The SMILES string of the molecule is Cc1ccc(S(=O)(=O)N2CCOCC2)cc1C(=O)NC(C)c1oc2ccccc2c1C. The molecule has 0 spiro atoms. The van der Waals surface area contributed by atoms with Gasteiger partial charge >= 0.3 is 0 Å². The summed E-state index contributed by atoms with van der Waals surface area (Å²) in [7, 11) is -3.68. The summed E-state index contributed by atoms with van der Waals surface area (Å²) in [5.74, 6) is 0.341. The number of sulfonamides is 1. The van der Waals surface area contributed by atoms with Gasteiger partial charge in [-0.1, -0.05) is 24.3 Å². The van der Waals surface area contributed by atoms with Crippen LogP contribution in [0.5, 0.6) is 0 Å².